The lowest BCUT2D eigenvalue weighted by Gasteiger charge is -2.24. The number of ether oxygens (including phenoxy) is 1. The normalized spacial score (nSPS) is 48.0. The number of aliphatic hydroxyl groups excluding tert-OH is 1. The molecule has 1 heterocycles. The first-order valence-corrected chi connectivity index (χ1v) is 5.44. The Hall–Kier alpha value is -0.0800. The van der Waals surface area contributed by atoms with Gasteiger partial charge in [0.05, 0.1) is 18.3 Å². The first kappa shape index (κ1) is 9.47. The van der Waals surface area contributed by atoms with Crippen LogP contribution in [-0.4, -0.2) is 23.4 Å². The highest BCUT2D eigenvalue weighted by molar-refractivity contribution is 4.94. The average Bonchev–Trinajstić information content (AvgIpc) is 2.82. The van der Waals surface area contributed by atoms with E-state index in [2.05, 4.69) is 20.8 Å². The van der Waals surface area contributed by atoms with Gasteiger partial charge in [-0.25, -0.2) is 0 Å². The van der Waals surface area contributed by atoms with E-state index in [1.165, 1.54) is 12.8 Å². The van der Waals surface area contributed by atoms with E-state index in [1.807, 2.05) is 0 Å². The van der Waals surface area contributed by atoms with Crippen molar-refractivity contribution in [1.29, 1.82) is 0 Å². The Labute approximate surface area is 80.3 Å². The first-order chi connectivity index (χ1) is 6.11. The maximum absolute atomic E-state index is 10.1. The third kappa shape index (κ3) is 1.62. The summed E-state index contributed by atoms with van der Waals surface area (Å²) in [6, 6.07) is 0. The quantitative estimate of drug-likeness (QED) is 0.709. The zero-order valence-corrected chi connectivity index (χ0v) is 8.73. The van der Waals surface area contributed by atoms with E-state index in [-0.39, 0.29) is 12.2 Å². The van der Waals surface area contributed by atoms with Gasteiger partial charge in [0.25, 0.3) is 0 Å². The maximum atomic E-state index is 10.1. The predicted molar refractivity (Wildman–Crippen MR) is 51.4 cm³/mol. The van der Waals surface area contributed by atoms with Gasteiger partial charge >= 0.3 is 0 Å². The lowest BCUT2D eigenvalue weighted by Crippen LogP contribution is -2.32. The van der Waals surface area contributed by atoms with E-state index >= 15 is 0 Å². The Bertz CT molecular complexity index is 189. The van der Waals surface area contributed by atoms with Gasteiger partial charge in [-0.3, -0.25) is 0 Å². The van der Waals surface area contributed by atoms with Crippen LogP contribution in [0.15, 0.2) is 0 Å². The smallest absolute Gasteiger partial charge is 0.0624 e. The van der Waals surface area contributed by atoms with Crippen molar-refractivity contribution in [2.45, 2.75) is 51.9 Å². The van der Waals surface area contributed by atoms with E-state index in [0.717, 1.165) is 0 Å². The van der Waals surface area contributed by atoms with Gasteiger partial charge in [-0.2, -0.15) is 0 Å². The van der Waals surface area contributed by atoms with Crippen molar-refractivity contribution in [3.63, 3.8) is 0 Å². The van der Waals surface area contributed by atoms with Gasteiger partial charge in [-0.15, -0.1) is 0 Å². The largest absolute Gasteiger partial charge is 0.392 e. The summed E-state index contributed by atoms with van der Waals surface area (Å²) in [4.78, 5) is 0. The standard InChI is InChI=1S/C11H20O2/c1-6-7(2)13-8(3)10(6)11(12)9-4-5-9/h6-12H,4-5H2,1-3H3. The fraction of sp³-hybridized carbons (Fsp3) is 1.00. The van der Waals surface area contributed by atoms with Gasteiger partial charge in [0, 0.05) is 5.92 Å². The van der Waals surface area contributed by atoms with Gasteiger partial charge in [0.1, 0.15) is 0 Å². The van der Waals surface area contributed by atoms with Gasteiger partial charge in [-0.05, 0) is 38.5 Å². The van der Waals surface area contributed by atoms with Crippen molar-refractivity contribution >= 4 is 0 Å². The molecule has 0 aromatic rings. The molecular weight excluding hydrogens is 164 g/mol. The molecule has 0 spiro atoms. The first-order valence-electron chi connectivity index (χ1n) is 5.44. The molecule has 0 aromatic heterocycles. The monoisotopic (exact) mass is 184 g/mol. The van der Waals surface area contributed by atoms with Crippen LogP contribution in [0.25, 0.3) is 0 Å². The summed E-state index contributed by atoms with van der Waals surface area (Å²) in [7, 11) is 0. The molecule has 0 radical (unpaired) electrons. The van der Waals surface area contributed by atoms with Crippen molar-refractivity contribution in [3.05, 3.63) is 0 Å². The van der Waals surface area contributed by atoms with E-state index in [4.69, 9.17) is 4.74 Å². The van der Waals surface area contributed by atoms with Crippen LogP contribution in [-0.2, 0) is 4.74 Å². The van der Waals surface area contributed by atoms with Gasteiger partial charge in [0.2, 0.25) is 0 Å². The van der Waals surface area contributed by atoms with Crippen molar-refractivity contribution < 1.29 is 9.84 Å². The SMILES string of the molecule is CC1OC(C)C(C(O)C2CC2)C1C. The zero-order valence-electron chi connectivity index (χ0n) is 8.73. The Kier molecular flexibility index (Phi) is 2.37. The molecule has 1 aliphatic carbocycles. The minimum atomic E-state index is -0.116. The molecule has 2 nitrogen and oxygen atoms in total. The van der Waals surface area contributed by atoms with Crippen molar-refractivity contribution in [1.82, 2.24) is 0 Å². The molecule has 76 valence electrons. The Balaban J connectivity index is 2.03. The second-order valence-electron chi connectivity index (χ2n) is 4.81. The third-order valence-electron chi connectivity index (χ3n) is 3.82. The zero-order chi connectivity index (χ0) is 9.59. The van der Waals surface area contributed by atoms with E-state index in [0.29, 0.717) is 23.9 Å². The lowest BCUT2D eigenvalue weighted by atomic mass is 9.83. The van der Waals surface area contributed by atoms with E-state index in [1.54, 1.807) is 0 Å². The van der Waals surface area contributed by atoms with Crippen LogP contribution in [0.1, 0.15) is 33.6 Å². The fourth-order valence-electron chi connectivity index (χ4n) is 2.63. The topological polar surface area (TPSA) is 29.5 Å². The maximum Gasteiger partial charge on any atom is 0.0624 e. The van der Waals surface area contributed by atoms with Gasteiger partial charge in [0.15, 0.2) is 0 Å². The Morgan fingerprint density at radius 2 is 1.77 bits per heavy atom. The second-order valence-corrected chi connectivity index (χ2v) is 4.81. The number of hydrogen-bond donors (Lipinski definition) is 1. The van der Waals surface area contributed by atoms with Gasteiger partial charge < -0.3 is 9.84 Å². The van der Waals surface area contributed by atoms with Crippen molar-refractivity contribution in [3.8, 4) is 0 Å². The van der Waals surface area contributed by atoms with Crippen LogP contribution < -0.4 is 0 Å². The molecule has 1 aliphatic heterocycles. The molecule has 0 aromatic carbocycles. The number of aliphatic hydroxyl groups is 1. The summed E-state index contributed by atoms with van der Waals surface area (Å²) in [5.41, 5.74) is 0. The molecule has 1 N–H and O–H groups in total. The van der Waals surface area contributed by atoms with E-state index < -0.39 is 0 Å². The van der Waals surface area contributed by atoms with Crippen LogP contribution >= 0.6 is 0 Å². The Morgan fingerprint density at radius 1 is 1.15 bits per heavy atom. The molecule has 0 amide bonds. The van der Waals surface area contributed by atoms with Crippen LogP contribution in [0.2, 0.25) is 0 Å². The van der Waals surface area contributed by atoms with Crippen LogP contribution in [0.3, 0.4) is 0 Å². The number of hydrogen-bond acceptors (Lipinski definition) is 2. The molecule has 1 saturated carbocycles. The lowest BCUT2D eigenvalue weighted by molar-refractivity contribution is 0.0161. The molecule has 2 aliphatic rings. The molecular formula is C11H20O2. The highest BCUT2D eigenvalue weighted by Gasteiger charge is 2.46. The molecule has 0 bridgehead atoms. The summed E-state index contributed by atoms with van der Waals surface area (Å²) < 4.78 is 5.73. The Morgan fingerprint density at radius 3 is 2.15 bits per heavy atom. The molecule has 2 fully saturated rings. The summed E-state index contributed by atoms with van der Waals surface area (Å²) in [6.45, 7) is 6.40. The molecule has 2 heteroatoms. The summed E-state index contributed by atoms with van der Waals surface area (Å²) in [5.74, 6) is 1.44. The summed E-state index contributed by atoms with van der Waals surface area (Å²) >= 11 is 0. The molecule has 1 saturated heterocycles. The average molecular weight is 184 g/mol. The summed E-state index contributed by atoms with van der Waals surface area (Å²) in [5, 5.41) is 10.1. The third-order valence-corrected chi connectivity index (χ3v) is 3.82. The molecule has 2 rings (SSSR count). The highest BCUT2D eigenvalue weighted by Crippen LogP contribution is 2.43. The predicted octanol–water partition coefficient (Wildman–Crippen LogP) is 1.82. The molecule has 13 heavy (non-hydrogen) atoms. The van der Waals surface area contributed by atoms with Crippen LogP contribution in [0.5, 0.6) is 0 Å². The van der Waals surface area contributed by atoms with Crippen molar-refractivity contribution in [2.24, 2.45) is 17.8 Å². The molecule has 5 atom stereocenters. The second kappa shape index (κ2) is 3.25. The fourth-order valence-corrected chi connectivity index (χ4v) is 2.63. The van der Waals surface area contributed by atoms with Crippen molar-refractivity contribution in [2.75, 3.05) is 0 Å². The minimum absolute atomic E-state index is 0.116. The summed E-state index contributed by atoms with van der Waals surface area (Å²) in [6.07, 6.45) is 2.86. The van der Waals surface area contributed by atoms with Crippen LogP contribution in [0, 0.1) is 17.8 Å². The van der Waals surface area contributed by atoms with E-state index in [9.17, 15) is 5.11 Å². The van der Waals surface area contributed by atoms with Crippen LogP contribution in [0.4, 0.5) is 0 Å². The minimum Gasteiger partial charge on any atom is -0.392 e. The molecule has 5 unspecified atom stereocenters. The van der Waals surface area contributed by atoms with Gasteiger partial charge in [-0.1, -0.05) is 6.92 Å². The highest BCUT2D eigenvalue weighted by atomic mass is 16.5. The number of rotatable bonds is 2.